The van der Waals surface area contributed by atoms with Gasteiger partial charge in [-0.25, -0.2) is 8.78 Å². The number of anilines is 1. The Hall–Kier alpha value is -3.19. The van der Waals surface area contributed by atoms with E-state index in [9.17, 15) is 14.0 Å². The Balaban J connectivity index is 0.974. The maximum absolute atomic E-state index is 15.6. The first-order valence-electron chi connectivity index (χ1n) is 18.2. The molecule has 1 N–H and O–H groups in total. The van der Waals surface area contributed by atoms with Crippen LogP contribution in [0.1, 0.15) is 90.9 Å². The van der Waals surface area contributed by atoms with E-state index < -0.39 is 5.82 Å². The van der Waals surface area contributed by atoms with Crippen molar-refractivity contribution in [2.24, 2.45) is 11.8 Å². The molecular weight excluding hydrogens is 637 g/mol. The predicted octanol–water partition coefficient (Wildman–Crippen LogP) is 8.61. The number of aromatic nitrogens is 1. The molecule has 2 saturated heterocycles. The number of fused-ring (bicyclic) bond motifs is 1. The number of hydrogen-bond donors (Lipinski definition) is 1. The van der Waals surface area contributed by atoms with Crippen LogP contribution < -0.4 is 4.90 Å². The Labute approximate surface area is 291 Å². The summed E-state index contributed by atoms with van der Waals surface area (Å²) in [6.07, 6.45) is 8.76. The van der Waals surface area contributed by atoms with Crippen LogP contribution in [-0.2, 0) is 12.8 Å². The SMILES string of the molecule is CCCc1[nH]c2cc(C3=CPC(N4CCC(CCN5CCN(c6cc(C(=O)C(C)C)c(C=O)cc6F)CC5)CC4)C(F)=C3)ccc2c1CC. The van der Waals surface area contributed by atoms with Gasteiger partial charge >= 0.3 is 0 Å². The van der Waals surface area contributed by atoms with Gasteiger partial charge in [0, 0.05) is 59.8 Å². The van der Waals surface area contributed by atoms with Crippen LogP contribution in [0.2, 0.25) is 0 Å². The highest BCUT2D eigenvalue weighted by Gasteiger charge is 2.30. The Morgan fingerprint density at radius 3 is 2.45 bits per heavy atom. The number of allylic oxidation sites excluding steroid dienone is 2. The van der Waals surface area contributed by atoms with E-state index in [-0.39, 0.29) is 28.9 Å². The van der Waals surface area contributed by atoms with Gasteiger partial charge < -0.3 is 9.88 Å². The molecular formula is C40H51F2N4O2P. The summed E-state index contributed by atoms with van der Waals surface area (Å²) in [5.41, 5.74) is 6.76. The van der Waals surface area contributed by atoms with E-state index in [2.05, 4.69) is 52.6 Å². The average Bonchev–Trinajstić information content (AvgIpc) is 3.47. The van der Waals surface area contributed by atoms with Gasteiger partial charge in [-0.05, 0) is 98.6 Å². The third kappa shape index (κ3) is 7.77. The highest BCUT2D eigenvalue weighted by Crippen LogP contribution is 2.42. The number of benzene rings is 2. The molecule has 49 heavy (non-hydrogen) atoms. The number of rotatable bonds is 12. The number of nitrogens with zero attached hydrogens (tertiary/aromatic N) is 3. The number of Topliss-reactive ketones (excluding diaryl/α,β-unsaturated/α-hetero) is 1. The lowest BCUT2D eigenvalue weighted by Gasteiger charge is -2.39. The van der Waals surface area contributed by atoms with E-state index in [1.165, 1.54) is 22.7 Å². The molecule has 4 heterocycles. The molecule has 0 saturated carbocycles. The lowest BCUT2D eigenvalue weighted by molar-refractivity contribution is 0.0934. The van der Waals surface area contributed by atoms with Crippen molar-refractivity contribution in [1.29, 1.82) is 0 Å². The zero-order valence-corrected chi connectivity index (χ0v) is 30.5. The Morgan fingerprint density at radius 1 is 1.04 bits per heavy atom. The van der Waals surface area contributed by atoms with Crippen molar-refractivity contribution in [2.45, 2.75) is 72.0 Å². The van der Waals surface area contributed by atoms with E-state index in [0.717, 1.165) is 87.9 Å². The minimum absolute atomic E-state index is 0.0161. The number of piperidine rings is 1. The number of H-pyrrole nitrogens is 1. The number of aryl methyl sites for hydroxylation is 2. The maximum Gasteiger partial charge on any atom is 0.166 e. The highest BCUT2D eigenvalue weighted by molar-refractivity contribution is 7.43. The quantitative estimate of drug-likeness (QED) is 0.117. The van der Waals surface area contributed by atoms with Crippen molar-refractivity contribution >= 4 is 42.8 Å². The van der Waals surface area contributed by atoms with Crippen molar-refractivity contribution in [3.63, 3.8) is 0 Å². The summed E-state index contributed by atoms with van der Waals surface area (Å²) in [5.74, 6) is 1.83. The smallest absolute Gasteiger partial charge is 0.166 e. The van der Waals surface area contributed by atoms with Crippen molar-refractivity contribution in [3.8, 4) is 0 Å². The minimum Gasteiger partial charge on any atom is -0.367 e. The monoisotopic (exact) mass is 688 g/mol. The first kappa shape index (κ1) is 35.6. The topological polar surface area (TPSA) is 59.7 Å². The summed E-state index contributed by atoms with van der Waals surface area (Å²) in [5, 5.41) is 1.29. The van der Waals surface area contributed by atoms with Crippen LogP contribution in [0.3, 0.4) is 0 Å². The van der Waals surface area contributed by atoms with Gasteiger partial charge in [0.2, 0.25) is 0 Å². The summed E-state index contributed by atoms with van der Waals surface area (Å²) >= 11 is 0. The zero-order valence-electron chi connectivity index (χ0n) is 29.5. The average molecular weight is 689 g/mol. The minimum atomic E-state index is -0.455. The summed E-state index contributed by atoms with van der Waals surface area (Å²) in [7, 11) is 0.401. The molecule has 0 spiro atoms. The first-order valence-corrected chi connectivity index (χ1v) is 19.4. The van der Waals surface area contributed by atoms with Gasteiger partial charge in [-0.2, -0.15) is 0 Å². The lowest BCUT2D eigenvalue weighted by atomic mass is 9.93. The van der Waals surface area contributed by atoms with E-state index in [1.807, 2.05) is 4.90 Å². The molecule has 2 aromatic carbocycles. The van der Waals surface area contributed by atoms with E-state index in [4.69, 9.17) is 0 Å². The molecule has 0 aliphatic carbocycles. The summed E-state index contributed by atoms with van der Waals surface area (Å²) < 4.78 is 30.6. The fourth-order valence-electron chi connectivity index (χ4n) is 7.84. The van der Waals surface area contributed by atoms with Crippen LogP contribution in [-0.4, -0.2) is 78.4 Å². The van der Waals surface area contributed by atoms with Gasteiger partial charge in [0.15, 0.2) is 12.1 Å². The number of aldehydes is 1. The Kier molecular flexibility index (Phi) is 11.5. The van der Waals surface area contributed by atoms with Crippen molar-refractivity contribution in [3.05, 3.63) is 81.8 Å². The van der Waals surface area contributed by atoms with E-state index >= 15 is 4.39 Å². The second-order valence-electron chi connectivity index (χ2n) is 14.3. The molecule has 0 amide bonds. The predicted molar refractivity (Wildman–Crippen MR) is 199 cm³/mol. The molecule has 2 atom stereocenters. The second-order valence-corrected chi connectivity index (χ2v) is 15.4. The van der Waals surface area contributed by atoms with Gasteiger partial charge in [-0.15, -0.1) is 0 Å². The maximum atomic E-state index is 15.6. The molecule has 2 fully saturated rings. The zero-order chi connectivity index (χ0) is 34.7. The summed E-state index contributed by atoms with van der Waals surface area (Å²) in [6, 6.07) is 9.31. The third-order valence-electron chi connectivity index (χ3n) is 10.7. The van der Waals surface area contributed by atoms with Crippen LogP contribution in [0, 0.1) is 17.7 Å². The van der Waals surface area contributed by atoms with E-state index in [0.29, 0.717) is 45.1 Å². The number of piperazine rings is 1. The molecule has 2 unspecified atom stereocenters. The molecule has 1 aromatic heterocycles. The van der Waals surface area contributed by atoms with Crippen LogP contribution in [0.5, 0.6) is 0 Å². The number of hydrogen-bond acceptors (Lipinski definition) is 5. The molecule has 0 radical (unpaired) electrons. The third-order valence-corrected chi connectivity index (χ3v) is 12.2. The molecule has 3 aliphatic rings. The number of nitrogens with one attached hydrogen (secondary N) is 1. The van der Waals surface area contributed by atoms with Gasteiger partial charge in [0.25, 0.3) is 0 Å². The number of carbonyl (C=O) groups is 2. The molecule has 9 heteroatoms. The fourth-order valence-corrected chi connectivity index (χ4v) is 9.14. The van der Waals surface area contributed by atoms with Crippen LogP contribution in [0.4, 0.5) is 14.5 Å². The van der Waals surface area contributed by atoms with E-state index in [1.54, 1.807) is 26.0 Å². The number of halogens is 2. The van der Waals surface area contributed by atoms with Gasteiger partial charge in [-0.1, -0.05) is 60.6 Å². The van der Waals surface area contributed by atoms with Crippen molar-refractivity contribution < 1.29 is 18.4 Å². The van der Waals surface area contributed by atoms with Crippen LogP contribution in [0.15, 0.2) is 48.1 Å². The number of carbonyl (C=O) groups excluding carboxylic acids is 2. The first-order chi connectivity index (χ1) is 23.7. The molecule has 6 nitrogen and oxygen atoms in total. The molecule has 3 aliphatic heterocycles. The fraction of sp³-hybridized carbons (Fsp3) is 0.500. The van der Waals surface area contributed by atoms with Crippen molar-refractivity contribution in [2.75, 3.05) is 50.7 Å². The van der Waals surface area contributed by atoms with Crippen LogP contribution in [0.25, 0.3) is 16.5 Å². The molecule has 262 valence electrons. The van der Waals surface area contributed by atoms with Crippen LogP contribution >= 0.6 is 8.58 Å². The van der Waals surface area contributed by atoms with Gasteiger partial charge in [-0.3, -0.25) is 19.4 Å². The number of ketones is 1. The number of aromatic amines is 1. The van der Waals surface area contributed by atoms with Crippen molar-refractivity contribution in [1.82, 2.24) is 14.8 Å². The highest BCUT2D eigenvalue weighted by atomic mass is 31.1. The van der Waals surface area contributed by atoms with Gasteiger partial charge in [0.1, 0.15) is 11.6 Å². The number of likely N-dealkylation sites (tertiary alicyclic amines) is 1. The molecule has 0 bridgehead atoms. The second kappa shape index (κ2) is 15.8. The summed E-state index contributed by atoms with van der Waals surface area (Å²) in [6.45, 7) is 13.8. The largest absolute Gasteiger partial charge is 0.367 e. The molecule has 3 aromatic rings. The lowest BCUT2D eigenvalue weighted by Crippen LogP contribution is -2.47. The summed E-state index contributed by atoms with van der Waals surface area (Å²) in [4.78, 5) is 34.6. The Morgan fingerprint density at radius 2 is 1.80 bits per heavy atom. The normalized spacial score (nSPS) is 20.3. The Bertz CT molecular complexity index is 1730. The van der Waals surface area contributed by atoms with Gasteiger partial charge in [0.05, 0.1) is 11.5 Å². The standard InChI is InChI=1S/C40H51F2N4O2P/c1-5-7-36-31(6-2)32-9-8-28(22-37(32)43-36)30-21-35(42)40(49-25-30)46-14-11-27(12-15-46)10-13-44-16-18-45(19-17-44)38-23-33(39(48)26(3)4)29(24-47)20-34(38)41/h8-9,20-27,40,43,49H,5-7,10-19H2,1-4H3. The molecule has 6 rings (SSSR count).